The fraction of sp³-hybridized carbons (Fsp3) is 0.222. The van der Waals surface area contributed by atoms with Gasteiger partial charge in [-0.3, -0.25) is 4.79 Å². The van der Waals surface area contributed by atoms with Gasteiger partial charge < -0.3 is 24.5 Å². The predicted octanol–water partition coefficient (Wildman–Crippen LogP) is 3.80. The number of carbonyl (C=O) groups is 1. The Morgan fingerprint density at radius 1 is 0.943 bits per heavy atom. The molecule has 2 N–H and O–H groups in total. The molecule has 4 aromatic rings. The topological polar surface area (TPSA) is 103 Å². The fourth-order valence-corrected chi connectivity index (χ4v) is 3.88. The summed E-state index contributed by atoms with van der Waals surface area (Å²) in [6, 6.07) is 20.4. The Morgan fingerprint density at radius 3 is 2.23 bits per heavy atom. The Morgan fingerprint density at radius 2 is 1.60 bits per heavy atom. The van der Waals surface area contributed by atoms with Crippen LogP contribution in [0.4, 0.5) is 0 Å². The van der Waals surface area contributed by atoms with Gasteiger partial charge in [0.1, 0.15) is 17.3 Å². The highest BCUT2D eigenvalue weighted by molar-refractivity contribution is 5.93. The van der Waals surface area contributed by atoms with Gasteiger partial charge in [-0.1, -0.05) is 24.3 Å². The van der Waals surface area contributed by atoms with Gasteiger partial charge in [-0.15, -0.1) is 0 Å². The van der Waals surface area contributed by atoms with E-state index < -0.39 is 5.97 Å². The first-order valence-electron chi connectivity index (χ1n) is 11.1. The normalized spacial score (nSPS) is 11.7. The summed E-state index contributed by atoms with van der Waals surface area (Å²) in [6.07, 6.45) is 0.709. The van der Waals surface area contributed by atoms with Gasteiger partial charge >= 0.3 is 5.97 Å². The van der Waals surface area contributed by atoms with E-state index in [1.807, 2.05) is 48.5 Å². The van der Waals surface area contributed by atoms with E-state index >= 15 is 0 Å². The number of nitrogens with zero attached hydrogens (tertiary/aromatic N) is 1. The quantitative estimate of drug-likeness (QED) is 0.357. The molecule has 8 heteroatoms. The van der Waals surface area contributed by atoms with Gasteiger partial charge in [0, 0.05) is 6.04 Å². The van der Waals surface area contributed by atoms with Crippen LogP contribution in [0.15, 0.2) is 71.5 Å². The number of aromatic nitrogens is 2. The Balaban J connectivity index is 1.60. The van der Waals surface area contributed by atoms with Crippen molar-refractivity contribution in [2.24, 2.45) is 0 Å². The van der Waals surface area contributed by atoms with Crippen LogP contribution >= 0.6 is 0 Å². The number of aromatic amines is 1. The molecule has 180 valence electrons. The van der Waals surface area contributed by atoms with Crippen molar-refractivity contribution in [3.63, 3.8) is 0 Å². The summed E-state index contributed by atoms with van der Waals surface area (Å²) < 4.78 is 15.3. The summed E-state index contributed by atoms with van der Waals surface area (Å²) in [6.45, 7) is 0.320. The van der Waals surface area contributed by atoms with E-state index in [0.717, 1.165) is 22.6 Å². The van der Waals surface area contributed by atoms with Crippen molar-refractivity contribution in [3.05, 3.63) is 99.6 Å². The second kappa shape index (κ2) is 10.8. The van der Waals surface area contributed by atoms with E-state index in [-0.39, 0.29) is 11.6 Å². The lowest BCUT2D eigenvalue weighted by Crippen LogP contribution is -2.25. The standard InChI is InChI=1S/C27H27N3O5/c1-33-20-9-4-17(5-10-20)14-23(18-6-11-21(34-2)12-7-18)28-16-25-29-24-15-19(27(32)35-3)8-13-22(24)26(31)30-25/h4-13,15,23,28H,14,16H2,1-3H3,(H,29,30,31). The Labute approximate surface area is 202 Å². The molecule has 0 aliphatic rings. The molecule has 4 rings (SSSR count). The van der Waals surface area contributed by atoms with Crippen LogP contribution < -0.4 is 20.3 Å². The van der Waals surface area contributed by atoms with Crippen molar-refractivity contribution in [1.82, 2.24) is 15.3 Å². The lowest BCUT2D eigenvalue weighted by atomic mass is 9.98. The highest BCUT2D eigenvalue weighted by Gasteiger charge is 2.15. The number of hydrogen-bond donors (Lipinski definition) is 2. The lowest BCUT2D eigenvalue weighted by molar-refractivity contribution is 0.0601. The average Bonchev–Trinajstić information content (AvgIpc) is 2.90. The maximum absolute atomic E-state index is 12.6. The minimum Gasteiger partial charge on any atom is -0.497 e. The first kappa shape index (κ1) is 24.0. The number of esters is 1. The van der Waals surface area contributed by atoms with Crippen LogP contribution in [0.25, 0.3) is 10.9 Å². The Hall–Kier alpha value is -4.17. The highest BCUT2D eigenvalue weighted by Crippen LogP contribution is 2.23. The number of H-pyrrole nitrogens is 1. The summed E-state index contributed by atoms with van der Waals surface area (Å²) in [5.74, 6) is 1.57. The minimum atomic E-state index is -0.479. The molecule has 0 bridgehead atoms. The zero-order valence-electron chi connectivity index (χ0n) is 19.8. The van der Waals surface area contributed by atoms with E-state index in [9.17, 15) is 9.59 Å². The third-order valence-electron chi connectivity index (χ3n) is 5.81. The van der Waals surface area contributed by atoms with Gasteiger partial charge in [0.2, 0.25) is 0 Å². The summed E-state index contributed by atoms with van der Waals surface area (Å²) in [4.78, 5) is 31.9. The van der Waals surface area contributed by atoms with E-state index in [1.54, 1.807) is 32.4 Å². The van der Waals surface area contributed by atoms with Gasteiger partial charge in [0.15, 0.2) is 0 Å². The molecule has 1 heterocycles. The maximum Gasteiger partial charge on any atom is 0.337 e. The van der Waals surface area contributed by atoms with Crippen LogP contribution in [0.5, 0.6) is 11.5 Å². The van der Waals surface area contributed by atoms with Crippen LogP contribution in [-0.2, 0) is 17.7 Å². The molecule has 3 aromatic carbocycles. The van der Waals surface area contributed by atoms with Gasteiger partial charge in [-0.25, -0.2) is 9.78 Å². The molecule has 1 aromatic heterocycles. The van der Waals surface area contributed by atoms with Crippen molar-refractivity contribution >= 4 is 16.9 Å². The molecule has 1 unspecified atom stereocenters. The summed E-state index contributed by atoms with van der Waals surface area (Å²) in [5, 5.41) is 3.92. The zero-order valence-corrected chi connectivity index (χ0v) is 19.8. The molecular weight excluding hydrogens is 446 g/mol. The van der Waals surface area contributed by atoms with E-state index in [2.05, 4.69) is 15.3 Å². The molecule has 0 aliphatic heterocycles. The van der Waals surface area contributed by atoms with Crippen LogP contribution in [0.2, 0.25) is 0 Å². The molecule has 8 nitrogen and oxygen atoms in total. The summed E-state index contributed by atoms with van der Waals surface area (Å²) in [7, 11) is 4.59. The number of fused-ring (bicyclic) bond motifs is 1. The lowest BCUT2D eigenvalue weighted by Gasteiger charge is -2.20. The molecule has 0 amide bonds. The number of hydrogen-bond acceptors (Lipinski definition) is 7. The van der Waals surface area contributed by atoms with Gasteiger partial charge in [-0.2, -0.15) is 0 Å². The van der Waals surface area contributed by atoms with Crippen molar-refractivity contribution in [1.29, 1.82) is 0 Å². The summed E-state index contributed by atoms with van der Waals surface area (Å²) >= 11 is 0. The van der Waals surface area contributed by atoms with E-state index in [0.29, 0.717) is 35.3 Å². The van der Waals surface area contributed by atoms with Gasteiger partial charge in [0.25, 0.3) is 5.56 Å². The molecule has 0 radical (unpaired) electrons. The first-order chi connectivity index (χ1) is 17.0. The number of ether oxygens (including phenoxy) is 3. The molecule has 0 saturated heterocycles. The van der Waals surface area contributed by atoms with Crippen LogP contribution in [-0.4, -0.2) is 37.3 Å². The molecule has 1 atom stereocenters. The van der Waals surface area contributed by atoms with Crippen LogP contribution in [0, 0.1) is 0 Å². The first-order valence-corrected chi connectivity index (χ1v) is 11.1. The van der Waals surface area contributed by atoms with E-state index in [4.69, 9.17) is 14.2 Å². The Bertz CT molecular complexity index is 1360. The molecule has 0 spiro atoms. The van der Waals surface area contributed by atoms with Crippen LogP contribution in [0.1, 0.15) is 33.4 Å². The second-order valence-electron chi connectivity index (χ2n) is 7.99. The number of rotatable bonds is 9. The monoisotopic (exact) mass is 473 g/mol. The maximum atomic E-state index is 12.6. The van der Waals surface area contributed by atoms with Crippen molar-refractivity contribution in [3.8, 4) is 11.5 Å². The zero-order chi connectivity index (χ0) is 24.8. The van der Waals surface area contributed by atoms with E-state index in [1.165, 1.54) is 7.11 Å². The van der Waals surface area contributed by atoms with Gasteiger partial charge in [-0.05, 0) is 60.0 Å². The van der Waals surface area contributed by atoms with Gasteiger partial charge in [0.05, 0.1) is 44.3 Å². The number of carbonyl (C=O) groups excluding carboxylic acids is 1. The SMILES string of the molecule is COC(=O)c1ccc2c(=O)[nH]c(CNC(Cc3ccc(OC)cc3)c3ccc(OC)cc3)nc2c1. The Kier molecular flexibility index (Phi) is 7.42. The molecule has 0 aliphatic carbocycles. The molecule has 0 saturated carbocycles. The third-order valence-corrected chi connectivity index (χ3v) is 5.81. The fourth-order valence-electron chi connectivity index (χ4n) is 3.88. The number of nitrogens with one attached hydrogen (secondary N) is 2. The van der Waals surface area contributed by atoms with Crippen molar-refractivity contribution in [2.45, 2.75) is 19.0 Å². The third kappa shape index (κ3) is 5.67. The smallest absolute Gasteiger partial charge is 0.337 e. The van der Waals surface area contributed by atoms with Crippen molar-refractivity contribution < 1.29 is 19.0 Å². The highest BCUT2D eigenvalue weighted by atomic mass is 16.5. The minimum absolute atomic E-state index is 0.0586. The van der Waals surface area contributed by atoms with Crippen molar-refractivity contribution in [2.75, 3.05) is 21.3 Å². The predicted molar refractivity (Wildman–Crippen MR) is 133 cm³/mol. The molecular formula is C27H27N3O5. The second-order valence-corrected chi connectivity index (χ2v) is 7.99. The average molecular weight is 474 g/mol. The largest absolute Gasteiger partial charge is 0.497 e. The molecule has 35 heavy (non-hydrogen) atoms. The number of benzene rings is 3. The summed E-state index contributed by atoms with van der Waals surface area (Å²) in [5.41, 5.74) is 2.70. The van der Waals surface area contributed by atoms with Crippen LogP contribution in [0.3, 0.4) is 0 Å². The molecule has 0 fully saturated rings. The number of methoxy groups -OCH3 is 3.